The average Bonchev–Trinajstić information content (AvgIpc) is 3.11. The molecule has 0 saturated carbocycles. The lowest BCUT2D eigenvalue weighted by Crippen LogP contribution is -2.16. The summed E-state index contributed by atoms with van der Waals surface area (Å²) in [6, 6.07) is 7.03. The normalized spacial score (nSPS) is 13.2. The van der Waals surface area contributed by atoms with Crippen LogP contribution in [0.3, 0.4) is 0 Å². The minimum Gasteiger partial charge on any atom is -0.304 e. The standard InChI is InChI=1S/C14H10ClN3O4S4/c1-2-7-18-10-4-3-9(25(16,19)20)8-11(10)23-14(18)17-26(21,22)13-6-5-12(15)24-13/h1,3-6,8H,7H2,(H2,16,19,20)/b17-14-. The molecule has 0 unspecified atom stereocenters. The largest absolute Gasteiger partial charge is 0.304 e. The van der Waals surface area contributed by atoms with E-state index < -0.39 is 20.0 Å². The van der Waals surface area contributed by atoms with Crippen LogP contribution < -0.4 is 9.94 Å². The van der Waals surface area contributed by atoms with E-state index in [0.29, 0.717) is 14.6 Å². The topological polar surface area (TPSA) is 112 Å². The minimum atomic E-state index is -3.98. The summed E-state index contributed by atoms with van der Waals surface area (Å²) in [6.45, 7) is 0.0638. The van der Waals surface area contributed by atoms with E-state index in [4.69, 9.17) is 23.2 Å². The molecule has 0 bridgehead atoms. The Labute approximate surface area is 162 Å². The van der Waals surface area contributed by atoms with Crippen LogP contribution in [0.1, 0.15) is 0 Å². The smallest absolute Gasteiger partial charge is 0.294 e. The molecule has 0 atom stereocenters. The monoisotopic (exact) mass is 447 g/mol. The molecule has 7 nitrogen and oxygen atoms in total. The van der Waals surface area contributed by atoms with Crippen molar-refractivity contribution in [2.45, 2.75) is 15.6 Å². The lowest BCUT2D eigenvalue weighted by molar-refractivity contribution is 0.596. The zero-order valence-corrected chi connectivity index (χ0v) is 16.8. The third kappa shape index (κ3) is 3.71. The number of terminal acetylenes is 1. The van der Waals surface area contributed by atoms with Crippen molar-refractivity contribution in [2.75, 3.05) is 0 Å². The van der Waals surface area contributed by atoms with Crippen LogP contribution in [-0.2, 0) is 26.6 Å². The van der Waals surface area contributed by atoms with Gasteiger partial charge < -0.3 is 4.57 Å². The minimum absolute atomic E-state index is 0.00237. The lowest BCUT2D eigenvalue weighted by Gasteiger charge is -2.01. The van der Waals surface area contributed by atoms with E-state index in [1.54, 1.807) is 0 Å². The maximum absolute atomic E-state index is 12.5. The molecule has 0 spiro atoms. The summed E-state index contributed by atoms with van der Waals surface area (Å²) in [4.78, 5) is 0.0348. The van der Waals surface area contributed by atoms with Gasteiger partial charge in [0.2, 0.25) is 14.8 Å². The molecule has 0 aliphatic heterocycles. The fourth-order valence-electron chi connectivity index (χ4n) is 2.13. The second kappa shape index (κ2) is 6.80. The van der Waals surface area contributed by atoms with Gasteiger partial charge in [-0.25, -0.2) is 13.6 Å². The first-order valence-electron chi connectivity index (χ1n) is 6.78. The maximum Gasteiger partial charge on any atom is 0.294 e. The van der Waals surface area contributed by atoms with Gasteiger partial charge in [-0.05, 0) is 30.3 Å². The molecule has 2 aromatic heterocycles. The van der Waals surface area contributed by atoms with Crippen LogP contribution in [0, 0.1) is 12.3 Å². The fraction of sp³-hybridized carbons (Fsp3) is 0.0714. The number of benzene rings is 1. The zero-order chi connectivity index (χ0) is 19.1. The third-order valence-electron chi connectivity index (χ3n) is 3.23. The van der Waals surface area contributed by atoms with Gasteiger partial charge in [-0.2, -0.15) is 8.42 Å². The number of thiophene rings is 1. The second-order valence-electron chi connectivity index (χ2n) is 4.97. The molecule has 0 saturated heterocycles. The lowest BCUT2D eigenvalue weighted by atomic mass is 10.3. The first-order chi connectivity index (χ1) is 12.1. The number of nitrogens with zero attached hydrogens (tertiary/aromatic N) is 2. The molecule has 0 aliphatic carbocycles. The SMILES string of the molecule is C#CCn1/c(=N/S(=O)(=O)c2ccc(Cl)s2)sc2cc(S(N)(=O)=O)ccc21. The van der Waals surface area contributed by atoms with Crippen molar-refractivity contribution in [1.29, 1.82) is 0 Å². The van der Waals surface area contributed by atoms with E-state index in [1.165, 1.54) is 34.9 Å². The van der Waals surface area contributed by atoms with Gasteiger partial charge in [0.25, 0.3) is 10.0 Å². The van der Waals surface area contributed by atoms with Crippen molar-refractivity contribution in [1.82, 2.24) is 4.57 Å². The van der Waals surface area contributed by atoms with Gasteiger partial charge in [0.05, 0.1) is 26.0 Å². The van der Waals surface area contributed by atoms with Crippen molar-refractivity contribution >= 4 is 64.5 Å². The molecule has 12 heteroatoms. The van der Waals surface area contributed by atoms with Crippen molar-refractivity contribution in [2.24, 2.45) is 9.54 Å². The summed E-state index contributed by atoms with van der Waals surface area (Å²) in [6.07, 6.45) is 5.37. The molecule has 0 fully saturated rings. The van der Waals surface area contributed by atoms with Crippen molar-refractivity contribution in [3.63, 3.8) is 0 Å². The highest BCUT2D eigenvalue weighted by molar-refractivity contribution is 7.92. The predicted octanol–water partition coefficient (Wildman–Crippen LogP) is 1.99. The number of sulfonamides is 2. The number of hydrogen-bond donors (Lipinski definition) is 1. The Hall–Kier alpha value is -1.68. The molecular weight excluding hydrogens is 438 g/mol. The van der Waals surface area contributed by atoms with Crippen LogP contribution >= 0.6 is 34.3 Å². The molecule has 3 rings (SSSR count). The van der Waals surface area contributed by atoms with Crippen molar-refractivity contribution in [3.05, 3.63) is 39.5 Å². The van der Waals surface area contributed by atoms with Crippen molar-refractivity contribution < 1.29 is 16.8 Å². The number of rotatable bonds is 4. The van der Waals surface area contributed by atoms with E-state index in [2.05, 4.69) is 10.3 Å². The first-order valence-corrected chi connectivity index (χ1v) is 11.8. The van der Waals surface area contributed by atoms with E-state index in [0.717, 1.165) is 22.7 Å². The molecule has 0 radical (unpaired) electrons. The second-order valence-corrected chi connectivity index (χ2v) is 11.1. The Morgan fingerprint density at radius 2 is 1.92 bits per heavy atom. The average molecular weight is 448 g/mol. The molecule has 2 heterocycles. The Morgan fingerprint density at radius 3 is 2.50 bits per heavy atom. The van der Waals surface area contributed by atoms with E-state index in [9.17, 15) is 16.8 Å². The summed E-state index contributed by atoms with van der Waals surface area (Å²) in [5.74, 6) is 2.43. The summed E-state index contributed by atoms with van der Waals surface area (Å²) in [5, 5.41) is 5.14. The van der Waals surface area contributed by atoms with Gasteiger partial charge >= 0.3 is 0 Å². The quantitative estimate of drug-likeness (QED) is 0.616. The number of halogens is 1. The summed E-state index contributed by atoms with van der Waals surface area (Å²) in [5.41, 5.74) is 0.554. The van der Waals surface area contributed by atoms with E-state index in [1.807, 2.05) is 0 Å². The van der Waals surface area contributed by atoms with E-state index >= 15 is 0 Å². The first kappa shape index (κ1) is 19.1. The molecule has 0 aliphatic rings. The zero-order valence-electron chi connectivity index (χ0n) is 12.8. The van der Waals surface area contributed by atoms with Gasteiger partial charge in [0.15, 0.2) is 0 Å². The van der Waals surface area contributed by atoms with Gasteiger partial charge in [0.1, 0.15) is 4.21 Å². The van der Waals surface area contributed by atoms with Gasteiger partial charge in [-0.1, -0.05) is 28.9 Å². The highest BCUT2D eigenvalue weighted by Gasteiger charge is 2.18. The Kier molecular flexibility index (Phi) is 5.00. The van der Waals surface area contributed by atoms with Crippen LogP contribution in [0.5, 0.6) is 0 Å². The predicted molar refractivity (Wildman–Crippen MR) is 102 cm³/mol. The fourth-order valence-corrected chi connectivity index (χ4v) is 6.48. The van der Waals surface area contributed by atoms with Crippen LogP contribution in [0.15, 0.2) is 43.8 Å². The molecule has 136 valence electrons. The summed E-state index contributed by atoms with van der Waals surface area (Å²) < 4.78 is 54.2. The molecule has 2 N–H and O–H groups in total. The number of nitrogens with two attached hydrogens (primary N) is 1. The van der Waals surface area contributed by atoms with Gasteiger partial charge in [0, 0.05) is 0 Å². The number of aromatic nitrogens is 1. The van der Waals surface area contributed by atoms with E-state index in [-0.39, 0.29) is 20.5 Å². The van der Waals surface area contributed by atoms with Crippen LogP contribution in [0.4, 0.5) is 0 Å². The van der Waals surface area contributed by atoms with Gasteiger partial charge in [-0.15, -0.1) is 22.2 Å². The Balaban J connectivity index is 2.28. The van der Waals surface area contributed by atoms with Gasteiger partial charge in [-0.3, -0.25) is 0 Å². The molecule has 0 amide bonds. The highest BCUT2D eigenvalue weighted by Crippen LogP contribution is 2.27. The summed E-state index contributed by atoms with van der Waals surface area (Å²) >= 11 is 7.67. The molecule has 26 heavy (non-hydrogen) atoms. The number of primary sulfonamides is 1. The summed E-state index contributed by atoms with van der Waals surface area (Å²) in [7, 11) is -7.87. The highest BCUT2D eigenvalue weighted by atomic mass is 35.5. The molecular formula is C14H10ClN3O4S4. The Bertz CT molecular complexity index is 1320. The van der Waals surface area contributed by atoms with Crippen molar-refractivity contribution in [3.8, 4) is 12.3 Å². The number of thiazole rings is 1. The van der Waals surface area contributed by atoms with Crippen LogP contribution in [0.2, 0.25) is 4.34 Å². The maximum atomic E-state index is 12.5. The number of fused-ring (bicyclic) bond motifs is 1. The molecule has 3 aromatic rings. The Morgan fingerprint density at radius 1 is 1.19 bits per heavy atom. The van der Waals surface area contributed by atoms with Crippen LogP contribution in [0.25, 0.3) is 10.2 Å². The van der Waals surface area contributed by atoms with Crippen LogP contribution in [-0.4, -0.2) is 21.4 Å². The molecule has 1 aromatic carbocycles. The third-order valence-corrected chi connectivity index (χ3v) is 8.27. The number of hydrogen-bond acceptors (Lipinski definition) is 6.